The molecule has 7 atom stereocenters. The van der Waals surface area contributed by atoms with E-state index in [-0.39, 0.29) is 11.2 Å². The molecule has 3 nitrogen and oxygen atoms in total. The Labute approximate surface area is 202 Å². The highest BCUT2D eigenvalue weighted by atomic mass is 28.4. The van der Waals surface area contributed by atoms with Crippen LogP contribution in [0.15, 0.2) is 30.3 Å². The topological polar surface area (TPSA) is 27.7 Å². The van der Waals surface area contributed by atoms with Crippen LogP contribution in [-0.2, 0) is 13.9 Å². The fourth-order valence-electron chi connectivity index (χ4n) is 9.54. The molecule has 0 unspecified atom stereocenters. The van der Waals surface area contributed by atoms with E-state index >= 15 is 0 Å². The van der Waals surface area contributed by atoms with Gasteiger partial charge in [-0.2, -0.15) is 0 Å². The summed E-state index contributed by atoms with van der Waals surface area (Å²) in [6.45, 7) is 11.5. The third kappa shape index (κ3) is 3.37. The number of benzene rings is 1. The zero-order chi connectivity index (χ0) is 22.9. The zero-order valence-corrected chi connectivity index (χ0v) is 22.3. The van der Waals surface area contributed by atoms with Gasteiger partial charge in [0.05, 0.1) is 13.2 Å². The molecule has 33 heavy (non-hydrogen) atoms. The molecule has 0 bridgehead atoms. The first-order valence-electron chi connectivity index (χ1n) is 13.8. The average molecular weight is 469 g/mol. The van der Waals surface area contributed by atoms with Gasteiger partial charge < -0.3 is 13.9 Å². The van der Waals surface area contributed by atoms with Crippen molar-refractivity contribution in [2.45, 2.75) is 96.6 Å². The second kappa shape index (κ2) is 7.91. The van der Waals surface area contributed by atoms with Gasteiger partial charge in [0.1, 0.15) is 0 Å². The Bertz CT molecular complexity index is 865. The summed E-state index contributed by atoms with van der Waals surface area (Å²) >= 11 is 0. The first kappa shape index (κ1) is 22.8. The lowest BCUT2D eigenvalue weighted by Crippen LogP contribution is -2.57. The van der Waals surface area contributed by atoms with Crippen LogP contribution in [0.2, 0.25) is 13.1 Å². The molecule has 4 aliphatic carbocycles. The van der Waals surface area contributed by atoms with Crippen LogP contribution in [0.1, 0.15) is 71.6 Å². The maximum Gasteiger partial charge on any atom is 0.218 e. The van der Waals surface area contributed by atoms with Gasteiger partial charge in [0.2, 0.25) is 8.32 Å². The Morgan fingerprint density at radius 1 is 0.848 bits per heavy atom. The second-order valence-electron chi connectivity index (χ2n) is 13.0. The van der Waals surface area contributed by atoms with Crippen molar-refractivity contribution in [1.82, 2.24) is 0 Å². The minimum atomic E-state index is -1.86. The van der Waals surface area contributed by atoms with Crippen LogP contribution in [0.3, 0.4) is 0 Å². The maximum absolute atomic E-state index is 6.95. The molecule has 4 heteroatoms. The van der Waals surface area contributed by atoms with Crippen LogP contribution in [0.5, 0.6) is 0 Å². The average Bonchev–Trinajstić information content (AvgIpc) is 3.40. The molecule has 0 aromatic heterocycles. The molecule has 1 heterocycles. The lowest BCUT2D eigenvalue weighted by molar-refractivity contribution is -0.247. The van der Waals surface area contributed by atoms with E-state index < -0.39 is 8.32 Å². The van der Waals surface area contributed by atoms with Crippen molar-refractivity contribution in [3.8, 4) is 0 Å². The fourth-order valence-corrected chi connectivity index (χ4v) is 11.7. The highest BCUT2D eigenvalue weighted by Crippen LogP contribution is 2.69. The standard InChI is InChI=1S/C29H44O3Si/c1-27-15-12-22(32-33(3,4)23-8-6-5-7-9-23)20-21(27)10-11-24-25(27)13-16-28(2)26(24)14-17-29(28)30-18-19-31-29/h5-9,21-22,24-26H,10-20H2,1-4H3/t21-,22-,24+,25-,26-,27-,28-/m0/s1. The van der Waals surface area contributed by atoms with Crippen LogP contribution in [-0.4, -0.2) is 33.4 Å². The molecule has 1 aromatic rings. The summed E-state index contributed by atoms with van der Waals surface area (Å²) in [6, 6.07) is 11.0. The predicted molar refractivity (Wildman–Crippen MR) is 135 cm³/mol. The summed E-state index contributed by atoms with van der Waals surface area (Å²) in [5.41, 5.74) is 0.717. The molecule has 1 saturated heterocycles. The van der Waals surface area contributed by atoms with Crippen molar-refractivity contribution in [1.29, 1.82) is 0 Å². The number of ether oxygens (including phenoxy) is 2. The van der Waals surface area contributed by atoms with E-state index in [1.165, 1.54) is 56.6 Å². The van der Waals surface area contributed by atoms with Crippen molar-refractivity contribution < 1.29 is 13.9 Å². The first-order valence-corrected chi connectivity index (χ1v) is 16.7. The van der Waals surface area contributed by atoms with Crippen LogP contribution in [0, 0.1) is 34.5 Å². The van der Waals surface area contributed by atoms with Gasteiger partial charge >= 0.3 is 0 Å². The van der Waals surface area contributed by atoms with E-state index in [9.17, 15) is 0 Å². The van der Waals surface area contributed by atoms with Gasteiger partial charge in [-0.25, -0.2) is 0 Å². The predicted octanol–water partition coefficient (Wildman–Crippen LogP) is 6.27. The highest BCUT2D eigenvalue weighted by molar-refractivity contribution is 6.84. The van der Waals surface area contributed by atoms with E-state index in [1.54, 1.807) is 0 Å². The maximum atomic E-state index is 6.95. The van der Waals surface area contributed by atoms with Gasteiger partial charge in [-0.3, -0.25) is 0 Å². The molecule has 6 rings (SSSR count). The van der Waals surface area contributed by atoms with Crippen molar-refractivity contribution in [2.24, 2.45) is 34.5 Å². The summed E-state index contributed by atoms with van der Waals surface area (Å²) in [6.07, 6.45) is 12.2. The van der Waals surface area contributed by atoms with Gasteiger partial charge in [-0.05, 0) is 98.7 Å². The van der Waals surface area contributed by atoms with Crippen LogP contribution in [0.25, 0.3) is 0 Å². The largest absolute Gasteiger partial charge is 0.410 e. The Morgan fingerprint density at radius 3 is 2.33 bits per heavy atom. The van der Waals surface area contributed by atoms with E-state index in [2.05, 4.69) is 57.3 Å². The minimum absolute atomic E-state index is 0.222. The molecule has 5 aliphatic rings. The SMILES string of the molecule is C[C@]12CC[C@H](O[Si](C)(C)c3ccccc3)C[C@@H]1CC[C@@H]1[C@@H]2CC[C@@]2(C)[C@H]1CCC21OCCO1. The van der Waals surface area contributed by atoms with Gasteiger partial charge in [0.15, 0.2) is 5.79 Å². The molecular formula is C29H44O3Si. The van der Waals surface area contributed by atoms with Crippen molar-refractivity contribution >= 4 is 13.5 Å². The summed E-state index contributed by atoms with van der Waals surface area (Å²) < 4.78 is 19.6. The third-order valence-electron chi connectivity index (χ3n) is 11.3. The highest BCUT2D eigenvalue weighted by Gasteiger charge is 2.67. The smallest absolute Gasteiger partial charge is 0.218 e. The second-order valence-corrected chi connectivity index (χ2v) is 16.8. The quantitative estimate of drug-likeness (QED) is 0.489. The monoisotopic (exact) mass is 468 g/mol. The Kier molecular flexibility index (Phi) is 5.46. The Hall–Kier alpha value is -0.683. The summed E-state index contributed by atoms with van der Waals surface area (Å²) in [7, 11) is -1.86. The van der Waals surface area contributed by atoms with Crippen molar-refractivity contribution in [3.05, 3.63) is 30.3 Å². The fraction of sp³-hybridized carbons (Fsp3) is 0.793. The molecule has 182 valence electrons. The van der Waals surface area contributed by atoms with Crippen molar-refractivity contribution in [3.63, 3.8) is 0 Å². The first-order chi connectivity index (χ1) is 15.8. The molecule has 0 radical (unpaired) electrons. The molecule has 4 saturated carbocycles. The third-order valence-corrected chi connectivity index (χ3v) is 14.0. The van der Waals surface area contributed by atoms with Gasteiger partial charge in [0, 0.05) is 17.9 Å². The molecule has 0 amide bonds. The molecule has 5 fully saturated rings. The lowest BCUT2D eigenvalue weighted by atomic mass is 9.45. The van der Waals surface area contributed by atoms with E-state index in [4.69, 9.17) is 13.9 Å². The Balaban J connectivity index is 1.17. The van der Waals surface area contributed by atoms with Crippen molar-refractivity contribution in [2.75, 3.05) is 13.2 Å². The summed E-state index contributed by atoms with van der Waals surface area (Å²) in [5.74, 6) is 3.10. The van der Waals surface area contributed by atoms with Gasteiger partial charge in [0.25, 0.3) is 0 Å². The van der Waals surface area contributed by atoms with Crippen LogP contribution in [0.4, 0.5) is 0 Å². The van der Waals surface area contributed by atoms with Gasteiger partial charge in [-0.1, -0.05) is 44.2 Å². The zero-order valence-electron chi connectivity index (χ0n) is 21.3. The Morgan fingerprint density at radius 2 is 1.58 bits per heavy atom. The minimum Gasteiger partial charge on any atom is -0.410 e. The molecule has 1 aliphatic heterocycles. The van der Waals surface area contributed by atoms with Crippen LogP contribution >= 0.6 is 0 Å². The summed E-state index contributed by atoms with van der Waals surface area (Å²) in [5, 5.41) is 1.43. The number of fused-ring (bicyclic) bond motifs is 6. The normalized spacial score (nSPS) is 44.3. The van der Waals surface area contributed by atoms with Crippen LogP contribution < -0.4 is 5.19 Å². The number of hydrogen-bond donors (Lipinski definition) is 0. The molecule has 1 spiro atoms. The summed E-state index contributed by atoms with van der Waals surface area (Å²) in [4.78, 5) is 0. The number of rotatable bonds is 3. The number of hydrogen-bond acceptors (Lipinski definition) is 3. The van der Waals surface area contributed by atoms with E-state index in [1.807, 2.05) is 0 Å². The molecule has 1 aromatic carbocycles. The van der Waals surface area contributed by atoms with E-state index in [0.29, 0.717) is 11.5 Å². The molecule has 0 N–H and O–H groups in total. The van der Waals surface area contributed by atoms with E-state index in [0.717, 1.165) is 43.3 Å². The molecular weight excluding hydrogens is 424 g/mol. The lowest BCUT2D eigenvalue weighted by Gasteiger charge is -2.61. The van der Waals surface area contributed by atoms with Gasteiger partial charge in [-0.15, -0.1) is 0 Å².